The number of nitrogens with one attached hydrogen (secondary N) is 1. The van der Waals surface area contributed by atoms with E-state index in [1.807, 2.05) is 31.2 Å². The Morgan fingerprint density at radius 2 is 1.71 bits per heavy atom. The van der Waals surface area contributed by atoms with Gasteiger partial charge in [0.2, 0.25) is 0 Å². The minimum Gasteiger partial charge on any atom is -0.479 e. The number of amides is 1. The highest BCUT2D eigenvalue weighted by molar-refractivity contribution is 6.35. The molecule has 144 valence electrons. The number of hydrogen-bond acceptors (Lipinski definition) is 3. The molecule has 3 rings (SSSR count). The first-order valence-corrected chi connectivity index (χ1v) is 9.43. The number of carbonyl (C=O) groups excluding carboxylic acids is 1. The van der Waals surface area contributed by atoms with Gasteiger partial charge in [-0.25, -0.2) is 0 Å². The van der Waals surface area contributed by atoms with Gasteiger partial charge in [0.05, 0.1) is 5.02 Å². The van der Waals surface area contributed by atoms with E-state index in [1.54, 1.807) is 49.4 Å². The number of ether oxygens (including phenoxy) is 2. The van der Waals surface area contributed by atoms with Gasteiger partial charge in [-0.3, -0.25) is 4.79 Å². The van der Waals surface area contributed by atoms with Crippen LogP contribution in [0.15, 0.2) is 66.7 Å². The van der Waals surface area contributed by atoms with Gasteiger partial charge < -0.3 is 14.8 Å². The van der Waals surface area contributed by atoms with Gasteiger partial charge in [0, 0.05) is 10.7 Å². The molecule has 1 amide bonds. The Labute approximate surface area is 174 Å². The Balaban J connectivity index is 1.59. The Hall–Kier alpha value is -2.69. The average Bonchev–Trinajstić information content (AvgIpc) is 2.65. The van der Waals surface area contributed by atoms with Crippen molar-refractivity contribution in [3.8, 4) is 17.2 Å². The molecule has 0 aromatic heterocycles. The summed E-state index contributed by atoms with van der Waals surface area (Å²) in [6, 6.07) is 19.8. The summed E-state index contributed by atoms with van der Waals surface area (Å²) < 4.78 is 11.4. The van der Waals surface area contributed by atoms with E-state index in [2.05, 4.69) is 5.32 Å². The van der Waals surface area contributed by atoms with Crippen LogP contribution in [0, 0.1) is 6.92 Å². The van der Waals surface area contributed by atoms with Gasteiger partial charge in [0.15, 0.2) is 6.10 Å². The summed E-state index contributed by atoms with van der Waals surface area (Å²) in [6.45, 7) is 3.65. The van der Waals surface area contributed by atoms with Crippen molar-refractivity contribution in [1.82, 2.24) is 0 Å². The summed E-state index contributed by atoms with van der Waals surface area (Å²) in [4.78, 5) is 12.4. The van der Waals surface area contributed by atoms with Crippen LogP contribution in [0.3, 0.4) is 0 Å². The molecule has 1 atom stereocenters. The molecule has 0 radical (unpaired) electrons. The van der Waals surface area contributed by atoms with Crippen molar-refractivity contribution in [2.75, 3.05) is 5.32 Å². The van der Waals surface area contributed by atoms with Crippen molar-refractivity contribution in [1.29, 1.82) is 0 Å². The lowest BCUT2D eigenvalue weighted by Crippen LogP contribution is -2.30. The van der Waals surface area contributed by atoms with Gasteiger partial charge in [0.25, 0.3) is 5.91 Å². The molecule has 3 aromatic rings. The summed E-state index contributed by atoms with van der Waals surface area (Å²) >= 11 is 11.9. The first-order chi connectivity index (χ1) is 13.4. The summed E-state index contributed by atoms with van der Waals surface area (Å²) in [5.41, 5.74) is 1.76. The third-order valence-corrected chi connectivity index (χ3v) is 4.44. The quantitative estimate of drug-likeness (QED) is 0.499. The maximum Gasteiger partial charge on any atom is 0.265 e. The lowest BCUT2D eigenvalue weighted by molar-refractivity contribution is -0.122. The zero-order valence-electron chi connectivity index (χ0n) is 15.4. The van der Waals surface area contributed by atoms with Crippen molar-refractivity contribution < 1.29 is 14.3 Å². The van der Waals surface area contributed by atoms with Crippen LogP contribution in [-0.4, -0.2) is 12.0 Å². The highest BCUT2D eigenvalue weighted by atomic mass is 35.5. The normalized spacial score (nSPS) is 11.6. The number of carbonyl (C=O) groups is 1. The van der Waals surface area contributed by atoms with Crippen LogP contribution in [0.5, 0.6) is 17.2 Å². The summed E-state index contributed by atoms with van der Waals surface area (Å²) in [5.74, 6) is 1.55. The SMILES string of the molecule is Cc1cccc(Oc2ccc(NC(=O)[C@@H](C)Oc3ccc(Cl)cc3Cl)cc2)c1. The van der Waals surface area contributed by atoms with Crippen LogP contribution in [0.25, 0.3) is 0 Å². The zero-order valence-corrected chi connectivity index (χ0v) is 16.9. The summed E-state index contributed by atoms with van der Waals surface area (Å²) in [7, 11) is 0. The Morgan fingerprint density at radius 1 is 0.964 bits per heavy atom. The molecule has 0 spiro atoms. The Kier molecular flexibility index (Phi) is 6.45. The molecule has 0 fully saturated rings. The van der Waals surface area contributed by atoms with Crippen LogP contribution in [0.2, 0.25) is 10.0 Å². The number of anilines is 1. The lowest BCUT2D eigenvalue weighted by Gasteiger charge is -2.16. The van der Waals surface area contributed by atoms with Crippen LogP contribution in [0.4, 0.5) is 5.69 Å². The second-order valence-corrected chi connectivity index (χ2v) is 7.11. The number of benzene rings is 3. The van der Waals surface area contributed by atoms with E-state index in [0.29, 0.717) is 27.2 Å². The number of rotatable bonds is 6. The van der Waals surface area contributed by atoms with Gasteiger partial charge in [-0.1, -0.05) is 35.3 Å². The first kappa shape index (κ1) is 20.1. The number of aryl methyl sites for hydroxylation is 1. The molecule has 0 aliphatic carbocycles. The van der Waals surface area contributed by atoms with Crippen LogP contribution < -0.4 is 14.8 Å². The number of hydrogen-bond donors (Lipinski definition) is 1. The molecule has 0 saturated carbocycles. The van der Waals surface area contributed by atoms with Crippen molar-refractivity contribution in [2.24, 2.45) is 0 Å². The first-order valence-electron chi connectivity index (χ1n) is 8.68. The smallest absolute Gasteiger partial charge is 0.265 e. The molecular weight excluding hydrogens is 397 g/mol. The average molecular weight is 416 g/mol. The molecule has 0 aliphatic rings. The molecular formula is C22H19Cl2NO3. The van der Waals surface area contributed by atoms with Crippen LogP contribution in [-0.2, 0) is 4.79 Å². The van der Waals surface area contributed by atoms with Gasteiger partial charge in [-0.15, -0.1) is 0 Å². The van der Waals surface area contributed by atoms with E-state index in [9.17, 15) is 4.79 Å². The highest BCUT2D eigenvalue weighted by Crippen LogP contribution is 2.28. The molecule has 0 bridgehead atoms. The van der Waals surface area contributed by atoms with E-state index in [-0.39, 0.29) is 5.91 Å². The van der Waals surface area contributed by atoms with Crippen molar-refractivity contribution in [3.63, 3.8) is 0 Å². The minimum atomic E-state index is -0.734. The molecule has 0 aliphatic heterocycles. The maximum absolute atomic E-state index is 12.4. The molecule has 1 N–H and O–H groups in total. The minimum absolute atomic E-state index is 0.293. The second-order valence-electron chi connectivity index (χ2n) is 6.27. The monoisotopic (exact) mass is 415 g/mol. The summed E-state index contributed by atoms with van der Waals surface area (Å²) in [6.07, 6.45) is -0.734. The predicted octanol–water partition coefficient (Wildman–Crippen LogP) is 6.50. The van der Waals surface area contributed by atoms with Gasteiger partial charge in [-0.05, 0) is 74.0 Å². The third kappa shape index (κ3) is 5.41. The standard InChI is InChI=1S/C22H19Cl2NO3/c1-14-4-3-5-19(12-14)28-18-9-7-17(8-10-18)25-22(26)15(2)27-21-11-6-16(23)13-20(21)24/h3-13,15H,1-2H3,(H,25,26)/t15-/m1/s1. The van der Waals surface area contributed by atoms with E-state index >= 15 is 0 Å². The fourth-order valence-corrected chi connectivity index (χ4v) is 2.93. The topological polar surface area (TPSA) is 47.6 Å². The molecule has 0 saturated heterocycles. The molecule has 6 heteroatoms. The largest absolute Gasteiger partial charge is 0.479 e. The van der Waals surface area contributed by atoms with E-state index in [4.69, 9.17) is 32.7 Å². The summed E-state index contributed by atoms with van der Waals surface area (Å²) in [5, 5.41) is 3.66. The van der Waals surface area contributed by atoms with Crippen LogP contribution >= 0.6 is 23.2 Å². The lowest BCUT2D eigenvalue weighted by atomic mass is 10.2. The van der Waals surface area contributed by atoms with E-state index < -0.39 is 6.10 Å². The predicted molar refractivity (Wildman–Crippen MR) is 113 cm³/mol. The van der Waals surface area contributed by atoms with Gasteiger partial charge in [-0.2, -0.15) is 0 Å². The molecule has 0 heterocycles. The van der Waals surface area contributed by atoms with Crippen molar-refractivity contribution in [2.45, 2.75) is 20.0 Å². The molecule has 3 aromatic carbocycles. The van der Waals surface area contributed by atoms with Gasteiger partial charge in [0.1, 0.15) is 17.2 Å². The maximum atomic E-state index is 12.4. The van der Waals surface area contributed by atoms with Gasteiger partial charge >= 0.3 is 0 Å². The third-order valence-electron chi connectivity index (χ3n) is 3.91. The molecule has 0 unspecified atom stereocenters. The van der Waals surface area contributed by atoms with E-state index in [0.717, 1.165) is 11.3 Å². The Morgan fingerprint density at radius 3 is 2.39 bits per heavy atom. The zero-order chi connectivity index (χ0) is 20.1. The molecule has 28 heavy (non-hydrogen) atoms. The van der Waals surface area contributed by atoms with E-state index in [1.165, 1.54) is 0 Å². The van der Waals surface area contributed by atoms with Crippen molar-refractivity contribution in [3.05, 3.63) is 82.3 Å². The number of halogens is 2. The molecule has 4 nitrogen and oxygen atoms in total. The van der Waals surface area contributed by atoms with Crippen LogP contribution in [0.1, 0.15) is 12.5 Å². The second kappa shape index (κ2) is 9.00. The highest BCUT2D eigenvalue weighted by Gasteiger charge is 2.16. The fraction of sp³-hybridized carbons (Fsp3) is 0.136. The Bertz CT molecular complexity index is 974. The fourth-order valence-electron chi connectivity index (χ4n) is 2.48. The van der Waals surface area contributed by atoms with Crippen molar-refractivity contribution >= 4 is 34.8 Å².